The molecule has 0 spiro atoms. The number of nitrogens with one attached hydrogen (secondary N) is 2. The number of nitrogens with zero attached hydrogens (tertiary/aromatic N) is 1. The molecule has 0 aromatic heterocycles. The van der Waals surface area contributed by atoms with Crippen molar-refractivity contribution in [2.75, 3.05) is 25.0 Å². The number of aryl methyl sites for hydroxylation is 1. The number of halogens is 1. The molecular weight excluding hydrogens is 386 g/mol. The fraction of sp³-hybridized carbons (Fsp3) is 0.652. The second kappa shape index (κ2) is 11.0. The lowest BCUT2D eigenvalue weighted by molar-refractivity contribution is -0.117. The number of benzene rings is 1. The van der Waals surface area contributed by atoms with E-state index >= 15 is 0 Å². The van der Waals surface area contributed by atoms with E-state index in [1.807, 2.05) is 30.0 Å². The zero-order valence-electron chi connectivity index (χ0n) is 18.0. The highest BCUT2D eigenvalue weighted by Gasteiger charge is 2.25. The Balaban J connectivity index is 0.00000300. The molecule has 5 nitrogen and oxygen atoms in total. The van der Waals surface area contributed by atoms with E-state index < -0.39 is 0 Å². The molecule has 3 unspecified atom stereocenters. The van der Waals surface area contributed by atoms with Gasteiger partial charge in [0.05, 0.1) is 0 Å². The lowest BCUT2D eigenvalue weighted by Crippen LogP contribution is -2.42. The molecule has 1 aromatic rings. The lowest BCUT2D eigenvalue weighted by Gasteiger charge is -2.33. The first-order valence-corrected chi connectivity index (χ1v) is 10.9. The molecule has 0 radical (unpaired) electrons. The van der Waals surface area contributed by atoms with E-state index in [0.717, 1.165) is 43.7 Å². The molecule has 0 bridgehead atoms. The quantitative estimate of drug-likeness (QED) is 0.740. The van der Waals surface area contributed by atoms with Gasteiger partial charge in [-0.3, -0.25) is 9.59 Å². The third-order valence-corrected chi connectivity index (χ3v) is 6.46. The lowest BCUT2D eigenvalue weighted by atomic mass is 9.85. The second-order valence-electron chi connectivity index (χ2n) is 8.71. The van der Waals surface area contributed by atoms with Crippen LogP contribution >= 0.6 is 12.4 Å². The fourth-order valence-corrected chi connectivity index (χ4v) is 4.53. The Morgan fingerprint density at radius 1 is 1.24 bits per heavy atom. The van der Waals surface area contributed by atoms with Gasteiger partial charge in [0.15, 0.2) is 0 Å². The Morgan fingerprint density at radius 3 is 2.69 bits per heavy atom. The average Bonchev–Trinajstić information content (AvgIpc) is 2.70. The van der Waals surface area contributed by atoms with Gasteiger partial charge >= 0.3 is 0 Å². The molecule has 2 amide bonds. The summed E-state index contributed by atoms with van der Waals surface area (Å²) in [4.78, 5) is 27.4. The first kappa shape index (κ1) is 23.7. The minimum Gasteiger partial charge on any atom is -0.336 e. The molecular formula is C23H36ClN3O2. The van der Waals surface area contributed by atoms with Crippen molar-refractivity contribution in [3.63, 3.8) is 0 Å². The average molecular weight is 422 g/mol. The Kier molecular flexibility index (Phi) is 8.97. The highest BCUT2D eigenvalue weighted by Crippen LogP contribution is 2.25. The van der Waals surface area contributed by atoms with Crippen LogP contribution in [-0.2, 0) is 4.79 Å². The molecule has 2 saturated heterocycles. The van der Waals surface area contributed by atoms with Crippen LogP contribution in [-0.4, -0.2) is 42.4 Å². The maximum Gasteiger partial charge on any atom is 0.254 e. The van der Waals surface area contributed by atoms with E-state index in [1.54, 1.807) is 0 Å². The van der Waals surface area contributed by atoms with E-state index in [9.17, 15) is 9.59 Å². The van der Waals surface area contributed by atoms with E-state index in [-0.39, 0.29) is 24.2 Å². The fourth-order valence-electron chi connectivity index (χ4n) is 4.53. The molecule has 3 rings (SSSR count). The summed E-state index contributed by atoms with van der Waals surface area (Å²) in [5.41, 5.74) is 2.46. The van der Waals surface area contributed by atoms with Crippen molar-refractivity contribution in [2.24, 2.45) is 11.8 Å². The van der Waals surface area contributed by atoms with Crippen LogP contribution in [0.1, 0.15) is 68.3 Å². The number of likely N-dealkylation sites (tertiary alicyclic amines) is 1. The van der Waals surface area contributed by atoms with Crippen molar-refractivity contribution in [2.45, 2.75) is 65.3 Å². The smallest absolute Gasteiger partial charge is 0.254 e. The zero-order valence-corrected chi connectivity index (χ0v) is 18.8. The predicted molar refractivity (Wildman–Crippen MR) is 121 cm³/mol. The van der Waals surface area contributed by atoms with E-state index in [2.05, 4.69) is 24.5 Å². The van der Waals surface area contributed by atoms with Crippen LogP contribution in [0.25, 0.3) is 0 Å². The summed E-state index contributed by atoms with van der Waals surface area (Å²) in [6.07, 6.45) is 6.29. The molecule has 29 heavy (non-hydrogen) atoms. The van der Waals surface area contributed by atoms with Crippen LogP contribution in [0.15, 0.2) is 18.2 Å². The summed E-state index contributed by atoms with van der Waals surface area (Å²) in [6.45, 7) is 9.20. The SMILES string of the molecule is Cc1cc(C(=O)N2CCCCC2C)ccc1NC(=O)CC(C)C1CCCNC1.Cl. The monoisotopic (exact) mass is 421 g/mol. The molecule has 2 N–H and O–H groups in total. The van der Waals surface area contributed by atoms with Crippen LogP contribution in [0.5, 0.6) is 0 Å². The Morgan fingerprint density at radius 2 is 2.03 bits per heavy atom. The summed E-state index contributed by atoms with van der Waals surface area (Å²) < 4.78 is 0. The molecule has 0 aliphatic carbocycles. The van der Waals surface area contributed by atoms with Gasteiger partial charge in [0.25, 0.3) is 5.91 Å². The van der Waals surface area contributed by atoms with Gasteiger partial charge in [0.1, 0.15) is 0 Å². The standard InChI is InChI=1S/C23H35N3O2.ClH/c1-16(20-8-6-11-24-15-20)14-22(27)25-21-10-9-19(13-17(21)2)23(28)26-12-5-4-7-18(26)3;/h9-10,13,16,18,20,24H,4-8,11-12,14-15H2,1-3H3,(H,25,27);1H. The Bertz CT molecular complexity index is 703. The van der Waals surface area contributed by atoms with Crippen molar-refractivity contribution < 1.29 is 9.59 Å². The number of hydrogen-bond donors (Lipinski definition) is 2. The minimum absolute atomic E-state index is 0. The molecule has 2 heterocycles. The normalized spacial score (nSPS) is 23.1. The highest BCUT2D eigenvalue weighted by atomic mass is 35.5. The largest absolute Gasteiger partial charge is 0.336 e. The number of hydrogen-bond acceptors (Lipinski definition) is 3. The van der Waals surface area contributed by atoms with Gasteiger partial charge in [0, 0.05) is 30.3 Å². The summed E-state index contributed by atoms with van der Waals surface area (Å²) in [7, 11) is 0. The summed E-state index contributed by atoms with van der Waals surface area (Å²) in [5, 5.41) is 6.48. The second-order valence-corrected chi connectivity index (χ2v) is 8.71. The van der Waals surface area contributed by atoms with Crippen LogP contribution < -0.4 is 10.6 Å². The summed E-state index contributed by atoms with van der Waals surface area (Å²) in [6, 6.07) is 5.94. The number of carbonyl (C=O) groups is 2. The molecule has 3 atom stereocenters. The van der Waals surface area contributed by atoms with Gasteiger partial charge in [-0.1, -0.05) is 6.92 Å². The van der Waals surface area contributed by atoms with Gasteiger partial charge in [0.2, 0.25) is 5.91 Å². The van der Waals surface area contributed by atoms with Gasteiger partial charge in [-0.15, -0.1) is 12.4 Å². The minimum atomic E-state index is 0. The van der Waals surface area contributed by atoms with Crippen molar-refractivity contribution >= 4 is 29.9 Å². The Labute approximate surface area is 181 Å². The van der Waals surface area contributed by atoms with Gasteiger partial charge in [-0.25, -0.2) is 0 Å². The first-order chi connectivity index (χ1) is 13.5. The van der Waals surface area contributed by atoms with E-state index in [4.69, 9.17) is 0 Å². The van der Waals surface area contributed by atoms with E-state index in [0.29, 0.717) is 29.9 Å². The molecule has 2 aliphatic rings. The van der Waals surface area contributed by atoms with Gasteiger partial charge in [-0.05, 0) is 94.6 Å². The maximum absolute atomic E-state index is 12.8. The zero-order chi connectivity index (χ0) is 20.1. The third kappa shape index (κ3) is 6.19. The molecule has 2 fully saturated rings. The molecule has 162 valence electrons. The highest BCUT2D eigenvalue weighted by molar-refractivity contribution is 5.96. The first-order valence-electron chi connectivity index (χ1n) is 10.9. The van der Waals surface area contributed by atoms with Crippen LogP contribution in [0.3, 0.4) is 0 Å². The Hall–Kier alpha value is -1.59. The van der Waals surface area contributed by atoms with Crippen molar-refractivity contribution in [1.82, 2.24) is 10.2 Å². The van der Waals surface area contributed by atoms with Gasteiger partial charge in [-0.2, -0.15) is 0 Å². The number of anilines is 1. The number of amides is 2. The van der Waals surface area contributed by atoms with Crippen LogP contribution in [0.4, 0.5) is 5.69 Å². The van der Waals surface area contributed by atoms with E-state index in [1.165, 1.54) is 19.3 Å². The summed E-state index contributed by atoms with van der Waals surface area (Å²) >= 11 is 0. The summed E-state index contributed by atoms with van der Waals surface area (Å²) in [5.74, 6) is 1.11. The van der Waals surface area contributed by atoms with Crippen molar-refractivity contribution in [1.29, 1.82) is 0 Å². The van der Waals surface area contributed by atoms with Crippen LogP contribution in [0.2, 0.25) is 0 Å². The molecule has 2 aliphatic heterocycles. The van der Waals surface area contributed by atoms with Gasteiger partial charge < -0.3 is 15.5 Å². The number of rotatable bonds is 5. The maximum atomic E-state index is 12.8. The topological polar surface area (TPSA) is 61.4 Å². The third-order valence-electron chi connectivity index (χ3n) is 6.46. The number of carbonyl (C=O) groups excluding carboxylic acids is 2. The van der Waals surface area contributed by atoms with Crippen molar-refractivity contribution in [3.8, 4) is 0 Å². The van der Waals surface area contributed by atoms with Crippen molar-refractivity contribution in [3.05, 3.63) is 29.3 Å². The molecule has 0 saturated carbocycles. The molecule has 1 aromatic carbocycles. The predicted octanol–water partition coefficient (Wildman–Crippen LogP) is 4.40. The number of piperidine rings is 2. The van der Waals surface area contributed by atoms with Crippen LogP contribution in [0, 0.1) is 18.8 Å². The molecule has 6 heteroatoms.